The number of carbonyl (C=O) groups is 1. The number of azo groups is 4. The Hall–Kier alpha value is -9.89. The predicted octanol–water partition coefficient (Wildman–Crippen LogP) is 6.87. The zero-order valence-corrected chi connectivity index (χ0v) is 48.1. The minimum absolute atomic E-state index is 0.00574. The number of anilines is 1. The van der Waals surface area contributed by atoms with Gasteiger partial charge in [-0.25, -0.2) is 4.79 Å². The first kappa shape index (κ1) is 65.1. The van der Waals surface area contributed by atoms with Gasteiger partial charge in [-0.05, 0) is 72.8 Å². The van der Waals surface area contributed by atoms with Crippen LogP contribution in [0.4, 0.5) is 56.9 Å². The van der Waals surface area contributed by atoms with Gasteiger partial charge in [0.05, 0.1) is 32.3 Å². The van der Waals surface area contributed by atoms with Crippen LogP contribution in [0.2, 0.25) is 0 Å². The van der Waals surface area contributed by atoms with Crippen LogP contribution >= 0.6 is 0 Å². The van der Waals surface area contributed by atoms with E-state index in [1.165, 1.54) is 0 Å². The van der Waals surface area contributed by atoms with Crippen LogP contribution in [0.3, 0.4) is 0 Å². The number of rotatable bonds is 18. The molecule has 47 heteroatoms. The van der Waals surface area contributed by atoms with Crippen molar-refractivity contribution < 1.29 is 121 Å². The zero-order valence-electron chi connectivity index (χ0n) is 42.4. The van der Waals surface area contributed by atoms with Crippen LogP contribution in [0.25, 0.3) is 27.2 Å². The number of nitrogen functional groups attached to an aromatic ring is 1. The van der Waals surface area contributed by atoms with Gasteiger partial charge in [0.25, 0.3) is 76.5 Å². The fourth-order valence-corrected chi connectivity index (χ4v) is 12.5. The lowest BCUT2D eigenvalue weighted by molar-refractivity contribution is -0.385. The van der Waals surface area contributed by atoms with E-state index in [-0.39, 0.29) is 10.7 Å². The summed E-state index contributed by atoms with van der Waals surface area (Å²) in [6.45, 7) is 0. The number of aromatic nitrogens is 2. The number of hydrogen-bond donors (Lipinski definition) is 12. The number of fused-ring (bicyclic) bond motifs is 2. The van der Waals surface area contributed by atoms with Crippen molar-refractivity contribution in [1.29, 1.82) is 0 Å². The third-order valence-electron chi connectivity index (χ3n) is 11.7. The maximum atomic E-state index is 13.1. The second-order valence-electron chi connectivity index (χ2n) is 17.3. The number of carboxylic acids is 1. The molecule has 1 aromatic heterocycles. The summed E-state index contributed by atoms with van der Waals surface area (Å²) < 4.78 is 245. The van der Waals surface area contributed by atoms with Gasteiger partial charge in [-0.2, -0.15) is 73.8 Å². The third-order valence-corrected chi connectivity index (χ3v) is 17.9. The van der Waals surface area contributed by atoms with Crippen LogP contribution in [-0.2, 0) is 70.8 Å². The molecule has 0 aliphatic heterocycles. The number of aromatic hydroxyl groups is 3. The molecular weight excluding hydrogens is 1340 g/mol. The van der Waals surface area contributed by atoms with Crippen molar-refractivity contribution in [2.24, 2.45) is 40.9 Å². The van der Waals surface area contributed by atoms with Crippen LogP contribution in [0, 0.1) is 10.1 Å². The Bertz CT molecular complexity index is 5470. The highest BCUT2D eigenvalue weighted by molar-refractivity contribution is 7.87. The van der Waals surface area contributed by atoms with Crippen molar-refractivity contribution in [3.05, 3.63) is 107 Å². The van der Waals surface area contributed by atoms with Gasteiger partial charge in [-0.15, -0.1) is 35.8 Å². The molecule has 0 radical (unpaired) electrons. The molecular formula is C42H28N12O28S7. The Morgan fingerprint density at radius 2 is 0.978 bits per heavy atom. The number of nitrogens with zero attached hydrogens (tertiary/aromatic N) is 11. The van der Waals surface area contributed by atoms with Crippen molar-refractivity contribution in [3.8, 4) is 23.1 Å². The van der Waals surface area contributed by atoms with Crippen molar-refractivity contribution in [3.63, 3.8) is 0 Å². The van der Waals surface area contributed by atoms with Crippen LogP contribution in [0.1, 0.15) is 10.5 Å². The van der Waals surface area contributed by atoms with E-state index < -0.39 is 223 Å². The highest BCUT2D eigenvalue weighted by atomic mass is 32.2. The van der Waals surface area contributed by atoms with Crippen molar-refractivity contribution in [2.75, 3.05) is 5.73 Å². The summed E-state index contributed by atoms with van der Waals surface area (Å²) in [6, 6.07) is 8.91. The number of non-ortho nitro benzene ring substituents is 1. The smallest absolute Gasteiger partial charge is 0.358 e. The molecule has 7 aromatic carbocycles. The van der Waals surface area contributed by atoms with E-state index in [1.807, 2.05) is 0 Å². The number of aromatic carboxylic acids is 1. The highest BCUT2D eigenvalue weighted by Crippen LogP contribution is 2.49. The Kier molecular flexibility index (Phi) is 16.6. The van der Waals surface area contributed by atoms with Crippen molar-refractivity contribution in [2.45, 2.75) is 34.3 Å². The lowest BCUT2D eigenvalue weighted by atomic mass is 10.1. The second kappa shape index (κ2) is 22.7. The number of benzene rings is 7. The molecule has 0 atom stereocenters. The first-order chi connectivity index (χ1) is 40.9. The standard InChI is InChI=1S/C42H28N12O28S7/c43-34-26(15-29(85(68,69)70)20-5-8-24(39(56)33(20)34)47-45-23-7-2-17(54(60)61)12-31(23)87(74,75)76)49-48-25-9-4-19-21(40(25)89(80,81)82)14-32(88(77,78)79)35(38(19)55)50-44-16-1-6-22(30(11-16)86(71,72)73)46-51-36-37(42(58)59)52-53(41(36)57)27-13-18(83(62,63)64)3-10-28(27)84(65,66)67/h1-15,55-57H,43H2,(H,58,59)(H,62,63,64)(H,65,66,67)(H,68,69,70)(H,71,72,73)(H,74,75,76)(H,77,78,79)(H,80,81,82). The highest BCUT2D eigenvalue weighted by Gasteiger charge is 2.32. The largest absolute Gasteiger partial charge is 0.505 e. The number of hydrogen-bond acceptors (Lipinski definition) is 30. The van der Waals surface area contributed by atoms with Crippen molar-refractivity contribution in [1.82, 2.24) is 9.78 Å². The summed E-state index contributed by atoms with van der Waals surface area (Å²) >= 11 is 0. The number of nitro benzene ring substituents is 1. The van der Waals surface area contributed by atoms with E-state index in [9.17, 15) is 126 Å². The zero-order chi connectivity index (χ0) is 66.2. The van der Waals surface area contributed by atoms with E-state index >= 15 is 0 Å². The topological polar surface area (TPSA) is 664 Å². The van der Waals surface area contributed by atoms with Gasteiger partial charge < -0.3 is 26.2 Å². The Morgan fingerprint density at radius 3 is 1.54 bits per heavy atom. The average molecular weight is 1370 g/mol. The quantitative estimate of drug-likeness (QED) is 0.0137. The molecule has 466 valence electrons. The number of nitrogens with two attached hydrogens (primary N) is 1. The number of phenolic OH excluding ortho intramolecular Hbond substituents is 2. The van der Waals surface area contributed by atoms with Gasteiger partial charge >= 0.3 is 5.97 Å². The monoisotopic (exact) mass is 1370 g/mol. The summed E-state index contributed by atoms with van der Waals surface area (Å²) in [5.41, 5.74) is -5.22. The van der Waals surface area contributed by atoms with E-state index in [0.717, 1.165) is 36.4 Å². The third kappa shape index (κ3) is 13.2. The van der Waals surface area contributed by atoms with Gasteiger partial charge in [0, 0.05) is 28.3 Å². The molecule has 13 N–H and O–H groups in total. The van der Waals surface area contributed by atoms with E-state index in [0.29, 0.717) is 48.5 Å². The van der Waals surface area contributed by atoms with E-state index in [4.69, 9.17) is 5.73 Å². The lowest BCUT2D eigenvalue weighted by Crippen LogP contribution is -2.10. The summed E-state index contributed by atoms with van der Waals surface area (Å²) in [5, 5.41) is 83.7. The SMILES string of the molecule is Nc1c(N=Nc2ccc3c(O)c(N=Nc4ccc(N=Nc5c(C(=O)O)nn(-c6cc(S(=O)(=O)O)ccc6S(=O)(=O)O)c5O)c(S(=O)(=O)O)c4)c(S(=O)(=O)O)cc3c2S(=O)(=O)O)cc(S(=O)(=O)O)c2ccc(N=Nc3ccc([N+](=O)[O-])cc3S(=O)(=O)O)c(O)c12. The molecule has 0 saturated heterocycles. The molecule has 40 nitrogen and oxygen atoms in total. The fraction of sp³-hybridized carbons (Fsp3) is 0. The molecule has 0 aliphatic carbocycles. The normalized spacial score (nSPS) is 13.2. The molecule has 1 heterocycles. The first-order valence-electron chi connectivity index (χ1n) is 22.4. The first-order valence-corrected chi connectivity index (χ1v) is 32.5. The maximum Gasteiger partial charge on any atom is 0.358 e. The minimum atomic E-state index is -5.74. The predicted molar refractivity (Wildman–Crippen MR) is 293 cm³/mol. The number of phenols is 2. The molecule has 0 fully saturated rings. The van der Waals surface area contributed by atoms with Gasteiger partial charge in [0.2, 0.25) is 11.6 Å². The Morgan fingerprint density at radius 1 is 0.472 bits per heavy atom. The molecule has 0 aliphatic rings. The summed E-state index contributed by atoms with van der Waals surface area (Å²) in [7, 11) is -38.1. The molecule has 8 aromatic rings. The van der Waals surface area contributed by atoms with Crippen LogP contribution in [0.15, 0.2) is 166 Å². The van der Waals surface area contributed by atoms with Gasteiger partial charge in [0.1, 0.15) is 63.5 Å². The van der Waals surface area contributed by atoms with E-state index in [1.54, 1.807) is 0 Å². The van der Waals surface area contributed by atoms with Crippen LogP contribution < -0.4 is 5.73 Å². The summed E-state index contributed by atoms with van der Waals surface area (Å²) in [5.74, 6) is -6.04. The molecule has 0 bridgehead atoms. The van der Waals surface area contributed by atoms with Gasteiger partial charge in [-0.3, -0.25) is 42.0 Å². The molecule has 0 amide bonds. The molecule has 8 rings (SSSR count). The van der Waals surface area contributed by atoms with Crippen molar-refractivity contribution >= 4 is 155 Å². The van der Waals surface area contributed by atoms with E-state index in [2.05, 4.69) is 46.0 Å². The summed E-state index contributed by atoms with van der Waals surface area (Å²) in [4.78, 5) is 13.6. The van der Waals surface area contributed by atoms with Crippen LogP contribution in [-0.4, -0.2) is 132 Å². The Labute approximate surface area is 494 Å². The average Bonchev–Trinajstić information content (AvgIpc) is 0.879. The molecule has 0 spiro atoms. The Balaban J connectivity index is 1.21. The van der Waals surface area contributed by atoms with Crippen LogP contribution in [0.5, 0.6) is 17.4 Å². The van der Waals surface area contributed by atoms with Gasteiger partial charge in [-0.1, -0.05) is 6.07 Å². The fourth-order valence-electron chi connectivity index (χ4n) is 7.90. The maximum absolute atomic E-state index is 13.1. The minimum Gasteiger partial charge on any atom is -0.505 e. The summed E-state index contributed by atoms with van der Waals surface area (Å²) in [6.07, 6.45) is 0. The lowest BCUT2D eigenvalue weighted by Gasteiger charge is -2.13. The number of nitro groups is 1. The molecule has 0 unspecified atom stereocenters. The molecule has 89 heavy (non-hydrogen) atoms. The van der Waals surface area contributed by atoms with Gasteiger partial charge in [0.15, 0.2) is 17.2 Å². The molecule has 0 saturated carbocycles. The second-order valence-corrected chi connectivity index (χ2v) is 27.0. The number of carboxylic acid groups (broad SMARTS) is 1.